The summed E-state index contributed by atoms with van der Waals surface area (Å²) in [6, 6.07) is 7.67. The Kier molecular flexibility index (Phi) is 2.65. The van der Waals surface area contributed by atoms with Crippen LogP contribution in [0.5, 0.6) is 5.75 Å². The highest BCUT2D eigenvalue weighted by Crippen LogP contribution is 2.33. The van der Waals surface area contributed by atoms with Crippen LogP contribution in [0.25, 0.3) is 11.1 Å². The number of benzene rings is 1. The molecule has 1 aromatic heterocycles. The van der Waals surface area contributed by atoms with Gasteiger partial charge in [-0.15, -0.1) is 10.2 Å². The zero-order valence-electron chi connectivity index (χ0n) is 8.78. The van der Waals surface area contributed by atoms with Crippen molar-refractivity contribution in [2.24, 2.45) is 0 Å². The lowest BCUT2D eigenvalue weighted by molar-refractivity contribution is 0.357. The minimum absolute atomic E-state index is 0.334. The van der Waals surface area contributed by atoms with Crippen molar-refractivity contribution in [1.29, 1.82) is 0 Å². The highest BCUT2D eigenvalue weighted by molar-refractivity contribution is 6.33. The highest BCUT2D eigenvalue weighted by Gasteiger charge is 2.14. The van der Waals surface area contributed by atoms with Gasteiger partial charge < -0.3 is 4.74 Å². The number of nitrogens with zero attached hydrogens (tertiary/aromatic N) is 2. The molecule has 5 heteroatoms. The average Bonchev–Trinajstić information content (AvgIpc) is 2.79. The molecule has 0 fully saturated rings. The molecule has 1 aliphatic rings. The molecule has 0 saturated carbocycles. The van der Waals surface area contributed by atoms with Crippen LogP contribution in [0, 0.1) is 0 Å². The average molecular weight is 267 g/mol. The molecule has 2 heterocycles. The van der Waals surface area contributed by atoms with Crippen molar-refractivity contribution in [2.45, 2.75) is 6.42 Å². The van der Waals surface area contributed by atoms with E-state index in [9.17, 15) is 0 Å². The molecule has 1 aliphatic heterocycles. The first-order valence-corrected chi connectivity index (χ1v) is 5.94. The summed E-state index contributed by atoms with van der Waals surface area (Å²) in [7, 11) is 0. The summed E-state index contributed by atoms with van der Waals surface area (Å²) < 4.78 is 5.46. The molecule has 0 saturated heterocycles. The SMILES string of the molecule is Clc1cc(-c2ccc3c(c2)CCO3)c(Cl)nn1. The zero-order chi connectivity index (χ0) is 11.8. The van der Waals surface area contributed by atoms with Gasteiger partial charge in [0.25, 0.3) is 0 Å². The number of hydrogen-bond acceptors (Lipinski definition) is 3. The quantitative estimate of drug-likeness (QED) is 0.794. The number of halogens is 2. The third-order valence-electron chi connectivity index (χ3n) is 2.72. The van der Waals surface area contributed by atoms with E-state index in [2.05, 4.69) is 16.3 Å². The molecule has 86 valence electrons. The molecule has 17 heavy (non-hydrogen) atoms. The fourth-order valence-corrected chi connectivity index (χ4v) is 2.26. The molecule has 0 amide bonds. The fraction of sp³-hybridized carbons (Fsp3) is 0.167. The van der Waals surface area contributed by atoms with E-state index in [-0.39, 0.29) is 0 Å². The van der Waals surface area contributed by atoms with Gasteiger partial charge in [0, 0.05) is 12.0 Å². The van der Waals surface area contributed by atoms with Crippen molar-refractivity contribution in [1.82, 2.24) is 10.2 Å². The minimum atomic E-state index is 0.334. The Balaban J connectivity index is 2.12. The number of hydrogen-bond donors (Lipinski definition) is 0. The van der Waals surface area contributed by atoms with Gasteiger partial charge in [0.1, 0.15) is 5.75 Å². The Morgan fingerprint density at radius 3 is 2.88 bits per heavy atom. The first-order valence-electron chi connectivity index (χ1n) is 5.19. The molecule has 0 N–H and O–H groups in total. The maximum absolute atomic E-state index is 6.02. The fourth-order valence-electron chi connectivity index (χ4n) is 1.91. The summed E-state index contributed by atoms with van der Waals surface area (Å²) in [6.07, 6.45) is 0.924. The van der Waals surface area contributed by atoms with Gasteiger partial charge >= 0.3 is 0 Å². The predicted octanol–water partition coefficient (Wildman–Crippen LogP) is 3.39. The monoisotopic (exact) mass is 266 g/mol. The molecule has 0 radical (unpaired) electrons. The Morgan fingerprint density at radius 2 is 2.00 bits per heavy atom. The van der Waals surface area contributed by atoms with Crippen LogP contribution in [-0.4, -0.2) is 16.8 Å². The summed E-state index contributed by atoms with van der Waals surface area (Å²) in [5.74, 6) is 0.943. The van der Waals surface area contributed by atoms with E-state index in [4.69, 9.17) is 27.9 Å². The van der Waals surface area contributed by atoms with Crippen molar-refractivity contribution in [3.8, 4) is 16.9 Å². The Bertz CT molecular complexity index is 587. The highest BCUT2D eigenvalue weighted by atomic mass is 35.5. The molecule has 0 atom stereocenters. The number of rotatable bonds is 1. The second-order valence-electron chi connectivity index (χ2n) is 3.79. The van der Waals surface area contributed by atoms with Gasteiger partial charge in [0.2, 0.25) is 0 Å². The minimum Gasteiger partial charge on any atom is -0.493 e. The second kappa shape index (κ2) is 4.17. The van der Waals surface area contributed by atoms with E-state index in [1.807, 2.05) is 12.1 Å². The first-order chi connectivity index (χ1) is 8.24. The molecule has 0 aliphatic carbocycles. The zero-order valence-corrected chi connectivity index (χ0v) is 10.3. The van der Waals surface area contributed by atoms with E-state index in [0.717, 1.165) is 29.9 Å². The van der Waals surface area contributed by atoms with E-state index in [1.54, 1.807) is 6.07 Å². The van der Waals surface area contributed by atoms with Crippen LogP contribution < -0.4 is 4.74 Å². The summed E-state index contributed by atoms with van der Waals surface area (Å²) in [6.45, 7) is 0.738. The first kappa shape index (κ1) is 10.8. The Morgan fingerprint density at radius 1 is 1.12 bits per heavy atom. The van der Waals surface area contributed by atoms with Crippen LogP contribution in [0.3, 0.4) is 0 Å². The summed E-state index contributed by atoms with van der Waals surface area (Å²) in [5, 5.41) is 8.19. The third kappa shape index (κ3) is 1.96. The van der Waals surface area contributed by atoms with Gasteiger partial charge in [-0.25, -0.2) is 0 Å². The van der Waals surface area contributed by atoms with Crippen molar-refractivity contribution < 1.29 is 4.74 Å². The van der Waals surface area contributed by atoms with E-state index >= 15 is 0 Å². The maximum atomic E-state index is 6.02. The van der Waals surface area contributed by atoms with Crippen molar-refractivity contribution in [3.63, 3.8) is 0 Å². The van der Waals surface area contributed by atoms with Crippen LogP contribution >= 0.6 is 23.2 Å². The molecule has 0 spiro atoms. The Hall–Kier alpha value is -1.32. The van der Waals surface area contributed by atoms with Crippen LogP contribution in [0.1, 0.15) is 5.56 Å². The number of aromatic nitrogens is 2. The second-order valence-corrected chi connectivity index (χ2v) is 4.54. The maximum Gasteiger partial charge on any atom is 0.159 e. The van der Waals surface area contributed by atoms with Gasteiger partial charge in [-0.2, -0.15) is 0 Å². The molecule has 2 aromatic rings. The lowest BCUT2D eigenvalue weighted by Crippen LogP contribution is -1.89. The standard InChI is InChI=1S/C12H8Cl2N2O/c13-11-6-9(12(14)16-15-11)7-1-2-10-8(5-7)3-4-17-10/h1-2,5-6H,3-4H2. The van der Waals surface area contributed by atoms with Gasteiger partial charge in [0.15, 0.2) is 10.3 Å². The molecule has 3 nitrogen and oxygen atoms in total. The van der Waals surface area contributed by atoms with Crippen molar-refractivity contribution >= 4 is 23.2 Å². The molecule has 0 unspecified atom stereocenters. The lowest BCUT2D eigenvalue weighted by atomic mass is 10.0. The normalized spacial score (nSPS) is 13.3. The van der Waals surface area contributed by atoms with Gasteiger partial charge in [-0.05, 0) is 29.3 Å². The smallest absolute Gasteiger partial charge is 0.159 e. The molecule has 0 bridgehead atoms. The van der Waals surface area contributed by atoms with E-state index in [0.29, 0.717) is 10.3 Å². The topological polar surface area (TPSA) is 35.0 Å². The van der Waals surface area contributed by atoms with E-state index < -0.39 is 0 Å². The van der Waals surface area contributed by atoms with Gasteiger partial charge in [-0.3, -0.25) is 0 Å². The predicted molar refractivity (Wildman–Crippen MR) is 66.7 cm³/mol. The third-order valence-corrected chi connectivity index (χ3v) is 3.18. The molecule has 1 aromatic carbocycles. The van der Waals surface area contributed by atoms with Crippen LogP contribution in [-0.2, 0) is 6.42 Å². The van der Waals surface area contributed by atoms with Crippen molar-refractivity contribution in [2.75, 3.05) is 6.61 Å². The molecule has 3 rings (SSSR count). The van der Waals surface area contributed by atoms with Crippen LogP contribution in [0.2, 0.25) is 10.3 Å². The summed E-state index contributed by atoms with van der Waals surface area (Å²) >= 11 is 11.8. The summed E-state index contributed by atoms with van der Waals surface area (Å²) in [4.78, 5) is 0. The largest absolute Gasteiger partial charge is 0.493 e. The van der Waals surface area contributed by atoms with Crippen molar-refractivity contribution in [3.05, 3.63) is 40.1 Å². The number of ether oxygens (including phenoxy) is 1. The van der Waals surface area contributed by atoms with Crippen LogP contribution in [0.15, 0.2) is 24.3 Å². The molecular weight excluding hydrogens is 259 g/mol. The van der Waals surface area contributed by atoms with Gasteiger partial charge in [-0.1, -0.05) is 29.3 Å². The Labute approximate surface area is 108 Å². The summed E-state index contributed by atoms with van der Waals surface area (Å²) in [5.41, 5.74) is 2.96. The molecular formula is C12H8Cl2N2O. The van der Waals surface area contributed by atoms with Crippen LogP contribution in [0.4, 0.5) is 0 Å². The van der Waals surface area contributed by atoms with Gasteiger partial charge in [0.05, 0.1) is 6.61 Å². The lowest BCUT2D eigenvalue weighted by Gasteiger charge is -2.05. The number of fused-ring (bicyclic) bond motifs is 1. The van der Waals surface area contributed by atoms with E-state index in [1.165, 1.54) is 5.56 Å².